The van der Waals surface area contributed by atoms with E-state index < -0.39 is 11.6 Å². The molecule has 42 heavy (non-hydrogen) atoms. The number of nitrogens with one attached hydrogen (secondary N) is 3. The van der Waals surface area contributed by atoms with Crippen molar-refractivity contribution in [3.63, 3.8) is 0 Å². The summed E-state index contributed by atoms with van der Waals surface area (Å²) in [6.45, 7) is 8.04. The van der Waals surface area contributed by atoms with Crippen molar-refractivity contribution in [2.45, 2.75) is 89.4 Å². The van der Waals surface area contributed by atoms with E-state index in [0.717, 1.165) is 32.1 Å². The molecule has 2 amide bonds. The Morgan fingerprint density at radius 2 is 1.93 bits per heavy atom. The van der Waals surface area contributed by atoms with Crippen molar-refractivity contribution in [1.82, 2.24) is 25.1 Å². The summed E-state index contributed by atoms with van der Waals surface area (Å²) in [7, 11) is 0. The smallest absolute Gasteiger partial charge is 0.410 e. The molecule has 1 aromatic heterocycles. The maximum atomic E-state index is 13.3. The highest BCUT2D eigenvalue weighted by Crippen LogP contribution is 2.26. The van der Waals surface area contributed by atoms with Crippen molar-refractivity contribution >= 4 is 17.7 Å². The topological polar surface area (TPSA) is 118 Å². The van der Waals surface area contributed by atoms with Gasteiger partial charge in [0.2, 0.25) is 5.91 Å². The quantitative estimate of drug-likeness (QED) is 0.325. The molecule has 5 rings (SSSR count). The lowest BCUT2D eigenvalue weighted by molar-refractivity contribution is -0.124. The molecule has 3 atom stereocenters. The molecule has 1 fully saturated rings. The van der Waals surface area contributed by atoms with E-state index in [-0.39, 0.29) is 29.6 Å². The van der Waals surface area contributed by atoms with Crippen LogP contribution in [0.15, 0.2) is 53.0 Å². The van der Waals surface area contributed by atoms with Crippen LogP contribution in [0.2, 0.25) is 0 Å². The summed E-state index contributed by atoms with van der Waals surface area (Å²) in [6, 6.07) is 9.97. The van der Waals surface area contributed by atoms with Crippen LogP contribution in [0.4, 0.5) is 10.5 Å². The number of anilines is 1. The third-order valence-electron chi connectivity index (χ3n) is 8.14. The van der Waals surface area contributed by atoms with E-state index in [1.165, 1.54) is 11.1 Å². The van der Waals surface area contributed by atoms with Crippen LogP contribution in [-0.2, 0) is 22.4 Å². The number of benzene rings is 1. The van der Waals surface area contributed by atoms with E-state index in [0.29, 0.717) is 50.5 Å². The molecule has 4 heterocycles. The van der Waals surface area contributed by atoms with E-state index in [9.17, 15) is 14.4 Å². The summed E-state index contributed by atoms with van der Waals surface area (Å²) in [6.07, 6.45) is 9.09. The second-order valence-electron chi connectivity index (χ2n) is 12.5. The average Bonchev–Trinajstić information content (AvgIpc) is 3.55. The Morgan fingerprint density at radius 1 is 1.12 bits per heavy atom. The number of ether oxygens (including phenoxy) is 1. The zero-order valence-corrected chi connectivity index (χ0v) is 25.0. The molecule has 0 saturated carbocycles. The van der Waals surface area contributed by atoms with Crippen molar-refractivity contribution in [2.24, 2.45) is 0 Å². The zero-order valence-electron chi connectivity index (χ0n) is 25.0. The second-order valence-corrected chi connectivity index (χ2v) is 12.5. The van der Waals surface area contributed by atoms with Crippen molar-refractivity contribution in [3.05, 3.63) is 69.9 Å². The van der Waals surface area contributed by atoms with Crippen LogP contribution >= 0.6 is 0 Å². The Morgan fingerprint density at radius 3 is 2.71 bits per heavy atom. The largest absolute Gasteiger partial charge is 0.444 e. The summed E-state index contributed by atoms with van der Waals surface area (Å²) in [5.41, 5.74) is 2.27. The third kappa shape index (κ3) is 7.40. The van der Waals surface area contributed by atoms with Gasteiger partial charge < -0.3 is 25.6 Å². The first-order valence-corrected chi connectivity index (χ1v) is 15.3. The minimum atomic E-state index is -0.559. The fraction of sp³-hybridized carbons (Fsp3) is 0.562. The molecule has 1 aromatic carbocycles. The molecular formula is C32H44N6O4. The summed E-state index contributed by atoms with van der Waals surface area (Å²) in [5, 5.41) is 9.95. The predicted molar refractivity (Wildman–Crippen MR) is 163 cm³/mol. The highest BCUT2D eigenvalue weighted by atomic mass is 16.6. The van der Waals surface area contributed by atoms with Gasteiger partial charge in [-0.2, -0.15) is 0 Å². The van der Waals surface area contributed by atoms with Crippen LogP contribution in [0.25, 0.3) is 0 Å². The monoisotopic (exact) mass is 576 g/mol. The maximum absolute atomic E-state index is 13.3. The number of aryl methyl sites for hydroxylation is 2. The zero-order chi connectivity index (χ0) is 29.7. The number of nitrogens with zero attached hydrogens (tertiary/aromatic N) is 3. The van der Waals surface area contributed by atoms with Gasteiger partial charge in [0.25, 0.3) is 5.56 Å². The summed E-state index contributed by atoms with van der Waals surface area (Å²) < 4.78 is 7.14. The lowest BCUT2D eigenvalue weighted by Crippen LogP contribution is -2.44. The van der Waals surface area contributed by atoms with Crippen LogP contribution in [-0.4, -0.2) is 70.3 Å². The number of rotatable bonds is 8. The Hall–Kier alpha value is -3.66. The first-order chi connectivity index (χ1) is 20.2. The number of likely N-dealkylation sites (tertiary alicyclic amines) is 1. The van der Waals surface area contributed by atoms with Gasteiger partial charge in [-0.05, 0) is 64.9 Å². The molecule has 1 saturated heterocycles. The van der Waals surface area contributed by atoms with Gasteiger partial charge >= 0.3 is 6.09 Å². The molecule has 2 aromatic rings. The summed E-state index contributed by atoms with van der Waals surface area (Å²) >= 11 is 0. The minimum Gasteiger partial charge on any atom is -0.444 e. The second kappa shape index (κ2) is 13.1. The number of hydrogen-bond acceptors (Lipinski definition) is 7. The summed E-state index contributed by atoms with van der Waals surface area (Å²) in [5.74, 6) is 0.503. The minimum absolute atomic E-state index is 0.00960. The molecule has 226 valence electrons. The first kappa shape index (κ1) is 29.8. The fourth-order valence-electron chi connectivity index (χ4n) is 6.07. The van der Waals surface area contributed by atoms with Crippen molar-refractivity contribution in [3.8, 4) is 0 Å². The van der Waals surface area contributed by atoms with E-state index in [2.05, 4.69) is 39.1 Å². The number of fused-ring (bicyclic) bond motifs is 2. The van der Waals surface area contributed by atoms with Crippen molar-refractivity contribution < 1.29 is 14.3 Å². The number of hydrogen-bond donors (Lipinski definition) is 3. The SMILES string of the molecule is CC(C)(C)OC(=O)N1CCCC2NC(CNC(=O)[C@@H]3CCc4ncc(NCCCc5ccccc5)c(=O)n43)C=C2CC1. The summed E-state index contributed by atoms with van der Waals surface area (Å²) in [4.78, 5) is 45.5. The molecule has 3 aliphatic rings. The average molecular weight is 577 g/mol. The van der Waals surface area contributed by atoms with Crippen LogP contribution in [0.5, 0.6) is 0 Å². The molecule has 0 radical (unpaired) electrons. The molecule has 10 heteroatoms. The van der Waals surface area contributed by atoms with Gasteiger partial charge in [-0.15, -0.1) is 0 Å². The molecule has 0 spiro atoms. The van der Waals surface area contributed by atoms with Gasteiger partial charge in [0.15, 0.2) is 0 Å². The number of carbonyl (C=O) groups is 2. The highest BCUT2D eigenvalue weighted by Gasteiger charge is 2.33. The Bertz CT molecular complexity index is 1350. The Balaban J connectivity index is 1.13. The van der Waals surface area contributed by atoms with E-state index in [1.807, 2.05) is 39.0 Å². The first-order valence-electron chi connectivity index (χ1n) is 15.3. The van der Waals surface area contributed by atoms with Gasteiger partial charge in [-0.1, -0.05) is 42.0 Å². The molecular weight excluding hydrogens is 532 g/mol. The molecule has 0 aliphatic carbocycles. The van der Waals surface area contributed by atoms with Gasteiger partial charge in [-0.25, -0.2) is 9.78 Å². The fourth-order valence-corrected chi connectivity index (χ4v) is 6.07. The standard InChI is InChI=1S/C32H44N6O4/c1-32(2,3)42-31(41)37-17-8-12-25-23(15-18-37)19-24(36-25)20-35-29(39)27-13-14-28-34-21-26(30(40)38(27)28)33-16-7-11-22-9-5-4-6-10-22/h4-6,9-10,19,21,24-25,27,33,36H,7-8,11-18,20H2,1-3H3,(H,35,39)/t24?,25?,27-/m0/s1. The van der Waals surface area contributed by atoms with E-state index in [4.69, 9.17) is 4.74 Å². The Kier molecular flexibility index (Phi) is 9.30. The van der Waals surface area contributed by atoms with Gasteiger partial charge in [0, 0.05) is 44.7 Å². The Labute approximate surface area is 247 Å². The molecule has 3 N–H and O–H groups in total. The lowest BCUT2D eigenvalue weighted by atomic mass is 9.99. The van der Waals surface area contributed by atoms with Crippen molar-refractivity contribution in [1.29, 1.82) is 0 Å². The van der Waals surface area contributed by atoms with Gasteiger partial charge in [-0.3, -0.25) is 14.2 Å². The highest BCUT2D eigenvalue weighted by molar-refractivity contribution is 5.81. The molecule has 10 nitrogen and oxygen atoms in total. The maximum Gasteiger partial charge on any atom is 0.410 e. The van der Waals surface area contributed by atoms with Crippen molar-refractivity contribution in [2.75, 3.05) is 31.5 Å². The van der Waals surface area contributed by atoms with Crippen LogP contribution in [0.3, 0.4) is 0 Å². The predicted octanol–water partition coefficient (Wildman–Crippen LogP) is 3.58. The van der Waals surface area contributed by atoms with E-state index >= 15 is 0 Å². The van der Waals surface area contributed by atoms with Crippen LogP contribution < -0.4 is 21.5 Å². The molecule has 2 unspecified atom stereocenters. The van der Waals surface area contributed by atoms with Crippen LogP contribution in [0.1, 0.15) is 70.3 Å². The van der Waals surface area contributed by atoms with Gasteiger partial charge in [0.1, 0.15) is 23.2 Å². The third-order valence-corrected chi connectivity index (χ3v) is 8.14. The lowest BCUT2D eigenvalue weighted by Gasteiger charge is -2.30. The number of aromatic nitrogens is 2. The normalized spacial score (nSPS) is 21.9. The number of carbonyl (C=O) groups excluding carboxylic acids is 2. The van der Waals surface area contributed by atoms with E-state index in [1.54, 1.807) is 15.7 Å². The molecule has 0 bridgehead atoms. The van der Waals surface area contributed by atoms with Crippen LogP contribution in [0, 0.1) is 0 Å². The molecule has 3 aliphatic heterocycles. The van der Waals surface area contributed by atoms with Gasteiger partial charge in [0.05, 0.1) is 6.20 Å². The number of amides is 2.